The van der Waals surface area contributed by atoms with Crippen molar-refractivity contribution in [1.29, 1.82) is 0 Å². The fourth-order valence-electron chi connectivity index (χ4n) is 3.63. The molecule has 0 bridgehead atoms. The van der Waals surface area contributed by atoms with Gasteiger partial charge in [0.05, 0.1) is 27.0 Å². The summed E-state index contributed by atoms with van der Waals surface area (Å²) in [6.45, 7) is 11.2. The highest BCUT2D eigenvalue weighted by atomic mass is 79.9. The Bertz CT molecular complexity index is 1170. The van der Waals surface area contributed by atoms with Crippen molar-refractivity contribution in [2.24, 2.45) is 7.05 Å². The standard InChI is InChI=1S/C27H37BrN2O4Si/c1-27(2,3)35(8,9)34-24-19(12-15-23(32-6)25(24)33-7)17-22-21(29-26(28)30(22)4)16-18-10-13-20(31-5)14-11-18/h10-15H,16-17H2,1-9H3. The minimum Gasteiger partial charge on any atom is -0.541 e. The molecule has 1 aromatic heterocycles. The Balaban J connectivity index is 2.06. The molecule has 0 saturated carbocycles. The Kier molecular flexibility index (Phi) is 8.27. The van der Waals surface area contributed by atoms with E-state index in [1.54, 1.807) is 21.3 Å². The normalized spacial score (nSPS) is 11.9. The molecule has 0 aliphatic rings. The Morgan fingerprint density at radius 2 is 1.54 bits per heavy atom. The van der Waals surface area contributed by atoms with Gasteiger partial charge in [-0.1, -0.05) is 39.0 Å². The van der Waals surface area contributed by atoms with E-state index in [1.807, 2.05) is 25.2 Å². The highest BCUT2D eigenvalue weighted by Crippen LogP contribution is 2.46. The second-order valence-corrected chi connectivity index (χ2v) is 15.6. The highest BCUT2D eigenvalue weighted by molar-refractivity contribution is 9.10. The highest BCUT2D eigenvalue weighted by Gasteiger charge is 2.40. The minimum atomic E-state index is -2.15. The first-order valence-corrected chi connectivity index (χ1v) is 15.4. The van der Waals surface area contributed by atoms with Gasteiger partial charge >= 0.3 is 0 Å². The number of halogens is 1. The monoisotopic (exact) mass is 560 g/mol. The van der Waals surface area contributed by atoms with Crippen LogP contribution in [0.15, 0.2) is 41.1 Å². The fourth-order valence-corrected chi connectivity index (χ4v) is 5.10. The summed E-state index contributed by atoms with van der Waals surface area (Å²) in [7, 11) is 4.87. The quantitative estimate of drug-likeness (QED) is 0.270. The zero-order valence-corrected chi connectivity index (χ0v) is 24.9. The van der Waals surface area contributed by atoms with Crippen LogP contribution in [0.3, 0.4) is 0 Å². The second-order valence-electron chi connectivity index (χ2n) is 10.2. The number of imidazole rings is 1. The van der Waals surface area contributed by atoms with Gasteiger partial charge in [-0.25, -0.2) is 4.98 Å². The lowest BCUT2D eigenvalue weighted by molar-refractivity contribution is 0.339. The topological polar surface area (TPSA) is 54.7 Å². The van der Waals surface area contributed by atoms with Gasteiger partial charge < -0.3 is 23.2 Å². The summed E-state index contributed by atoms with van der Waals surface area (Å²) < 4.78 is 26.5. The van der Waals surface area contributed by atoms with Crippen LogP contribution in [-0.4, -0.2) is 39.2 Å². The average molecular weight is 562 g/mol. The summed E-state index contributed by atoms with van der Waals surface area (Å²) in [4.78, 5) is 4.82. The maximum absolute atomic E-state index is 6.84. The van der Waals surface area contributed by atoms with E-state index < -0.39 is 8.32 Å². The van der Waals surface area contributed by atoms with Crippen molar-refractivity contribution in [3.05, 3.63) is 63.6 Å². The van der Waals surface area contributed by atoms with Crippen molar-refractivity contribution < 1.29 is 18.6 Å². The molecule has 0 fully saturated rings. The van der Waals surface area contributed by atoms with E-state index >= 15 is 0 Å². The van der Waals surface area contributed by atoms with Crippen LogP contribution >= 0.6 is 15.9 Å². The first-order valence-electron chi connectivity index (χ1n) is 11.7. The van der Waals surface area contributed by atoms with Gasteiger partial charge in [0.15, 0.2) is 16.2 Å². The molecular weight excluding hydrogens is 524 g/mol. The molecule has 35 heavy (non-hydrogen) atoms. The smallest absolute Gasteiger partial charge is 0.250 e. The lowest BCUT2D eigenvalue weighted by Crippen LogP contribution is -2.44. The number of rotatable bonds is 9. The number of methoxy groups -OCH3 is 3. The lowest BCUT2D eigenvalue weighted by atomic mass is 10.0. The lowest BCUT2D eigenvalue weighted by Gasteiger charge is -2.37. The second kappa shape index (κ2) is 10.7. The van der Waals surface area contributed by atoms with Gasteiger partial charge in [-0.05, 0) is 57.8 Å². The molecule has 0 spiro atoms. The summed E-state index contributed by atoms with van der Waals surface area (Å²) in [5, 5.41) is 0.0352. The van der Waals surface area contributed by atoms with Crippen molar-refractivity contribution in [2.75, 3.05) is 21.3 Å². The van der Waals surface area contributed by atoms with Crippen LogP contribution in [0.5, 0.6) is 23.0 Å². The molecule has 0 aliphatic heterocycles. The Morgan fingerprint density at radius 1 is 0.886 bits per heavy atom. The molecular formula is C27H37BrN2O4Si. The largest absolute Gasteiger partial charge is 0.541 e. The molecule has 0 radical (unpaired) electrons. The van der Waals surface area contributed by atoms with Crippen LogP contribution in [0.2, 0.25) is 18.1 Å². The Morgan fingerprint density at radius 3 is 2.09 bits per heavy atom. The van der Waals surface area contributed by atoms with Crippen LogP contribution < -0.4 is 18.6 Å². The predicted molar refractivity (Wildman–Crippen MR) is 147 cm³/mol. The molecule has 3 rings (SSSR count). The zero-order valence-electron chi connectivity index (χ0n) is 22.3. The summed E-state index contributed by atoms with van der Waals surface area (Å²) in [5.74, 6) is 2.89. The van der Waals surface area contributed by atoms with Crippen molar-refractivity contribution in [3.63, 3.8) is 0 Å². The van der Waals surface area contributed by atoms with Gasteiger partial charge in [0.2, 0.25) is 5.75 Å². The van der Waals surface area contributed by atoms with Gasteiger partial charge in [0.25, 0.3) is 8.32 Å². The average Bonchev–Trinajstić information content (AvgIpc) is 3.06. The van der Waals surface area contributed by atoms with Gasteiger partial charge in [-0.15, -0.1) is 0 Å². The van der Waals surface area contributed by atoms with E-state index in [0.29, 0.717) is 24.3 Å². The van der Waals surface area contributed by atoms with E-state index in [0.717, 1.165) is 33.2 Å². The van der Waals surface area contributed by atoms with E-state index in [1.165, 1.54) is 5.56 Å². The van der Waals surface area contributed by atoms with Gasteiger partial charge in [0.1, 0.15) is 5.75 Å². The van der Waals surface area contributed by atoms with E-state index in [9.17, 15) is 0 Å². The molecule has 6 nitrogen and oxygen atoms in total. The van der Waals surface area contributed by atoms with Crippen LogP contribution in [0.25, 0.3) is 0 Å². The molecule has 0 saturated heterocycles. The summed E-state index contributed by atoms with van der Waals surface area (Å²) in [5.41, 5.74) is 4.33. The maximum atomic E-state index is 6.84. The molecule has 0 atom stereocenters. The number of benzene rings is 2. The molecule has 0 amide bonds. The summed E-state index contributed by atoms with van der Waals surface area (Å²) >= 11 is 3.62. The molecule has 0 N–H and O–H groups in total. The molecule has 0 aliphatic carbocycles. The van der Waals surface area contributed by atoms with Gasteiger partial charge in [0, 0.05) is 31.1 Å². The molecule has 1 heterocycles. The van der Waals surface area contributed by atoms with E-state index in [4.69, 9.17) is 23.6 Å². The molecule has 2 aromatic carbocycles. The van der Waals surface area contributed by atoms with Crippen molar-refractivity contribution >= 4 is 24.2 Å². The van der Waals surface area contributed by atoms with Gasteiger partial charge in [-0.3, -0.25) is 0 Å². The fraction of sp³-hybridized carbons (Fsp3) is 0.444. The van der Waals surface area contributed by atoms with E-state index in [2.05, 4.69) is 72.6 Å². The zero-order chi connectivity index (χ0) is 26.0. The Hall–Kier alpha value is -2.45. The van der Waals surface area contributed by atoms with E-state index in [-0.39, 0.29) is 5.04 Å². The summed E-state index contributed by atoms with van der Waals surface area (Å²) in [6.07, 6.45) is 1.36. The van der Waals surface area contributed by atoms with Crippen LogP contribution in [0.4, 0.5) is 0 Å². The molecule has 0 unspecified atom stereocenters. The number of aromatic nitrogens is 2. The molecule has 190 valence electrons. The van der Waals surface area contributed by atoms with Crippen molar-refractivity contribution in [2.45, 2.75) is 51.7 Å². The third-order valence-corrected chi connectivity index (χ3v) is 11.9. The van der Waals surface area contributed by atoms with Crippen molar-refractivity contribution in [1.82, 2.24) is 9.55 Å². The van der Waals surface area contributed by atoms with Crippen LogP contribution in [-0.2, 0) is 19.9 Å². The Labute approximate surface area is 218 Å². The number of nitrogens with zero attached hydrogens (tertiary/aromatic N) is 2. The number of ether oxygens (including phenoxy) is 3. The SMILES string of the molecule is COc1ccc(Cc2nc(Br)n(C)c2Cc2ccc(OC)c(OC)c2O[Si](C)(C)C(C)(C)C)cc1. The molecule has 3 aromatic rings. The minimum absolute atomic E-state index is 0.0352. The van der Waals surface area contributed by atoms with Crippen LogP contribution in [0.1, 0.15) is 43.3 Å². The number of hydrogen-bond donors (Lipinski definition) is 0. The first-order chi connectivity index (χ1) is 16.4. The predicted octanol–water partition coefficient (Wildman–Crippen LogP) is 6.77. The third kappa shape index (κ3) is 5.86. The van der Waals surface area contributed by atoms with Crippen molar-refractivity contribution in [3.8, 4) is 23.0 Å². The third-order valence-electron chi connectivity index (χ3n) is 6.88. The van der Waals surface area contributed by atoms with Gasteiger partial charge in [-0.2, -0.15) is 0 Å². The summed E-state index contributed by atoms with van der Waals surface area (Å²) in [6, 6.07) is 12.1. The van der Waals surface area contributed by atoms with Crippen LogP contribution in [0, 0.1) is 0 Å². The number of hydrogen-bond acceptors (Lipinski definition) is 5. The maximum Gasteiger partial charge on any atom is 0.250 e. The molecule has 8 heteroatoms. The first kappa shape index (κ1) is 27.1.